The van der Waals surface area contributed by atoms with E-state index in [0.29, 0.717) is 18.3 Å². The highest BCUT2D eigenvalue weighted by Crippen LogP contribution is 2.24. The second kappa shape index (κ2) is 6.52. The van der Waals surface area contributed by atoms with Crippen LogP contribution in [0.4, 0.5) is 5.69 Å². The van der Waals surface area contributed by atoms with Gasteiger partial charge in [-0.3, -0.25) is 4.79 Å². The minimum atomic E-state index is -0.100. The Morgan fingerprint density at radius 2 is 2.21 bits per heavy atom. The molecule has 0 aromatic carbocycles. The van der Waals surface area contributed by atoms with Crippen molar-refractivity contribution in [3.63, 3.8) is 0 Å². The molecule has 1 saturated carbocycles. The fourth-order valence-electron chi connectivity index (χ4n) is 1.76. The van der Waals surface area contributed by atoms with Gasteiger partial charge in [-0.15, -0.1) is 0 Å². The number of aromatic nitrogens is 1. The summed E-state index contributed by atoms with van der Waals surface area (Å²) in [5, 5.41) is 6.23. The summed E-state index contributed by atoms with van der Waals surface area (Å²) < 4.78 is 0. The van der Waals surface area contributed by atoms with Crippen molar-refractivity contribution in [3.05, 3.63) is 24.0 Å². The van der Waals surface area contributed by atoms with Gasteiger partial charge in [0.2, 0.25) is 0 Å². The maximum absolute atomic E-state index is 11.8. The van der Waals surface area contributed by atoms with E-state index < -0.39 is 0 Å². The van der Waals surface area contributed by atoms with Crippen molar-refractivity contribution in [1.82, 2.24) is 15.2 Å². The molecule has 0 radical (unpaired) electrons. The van der Waals surface area contributed by atoms with Gasteiger partial charge in [0.15, 0.2) is 0 Å². The van der Waals surface area contributed by atoms with Crippen LogP contribution in [0, 0.1) is 0 Å². The number of hydrogen-bond acceptors (Lipinski definition) is 4. The normalized spacial score (nSPS) is 14.5. The molecule has 1 fully saturated rings. The molecule has 1 aliphatic rings. The summed E-state index contributed by atoms with van der Waals surface area (Å²) in [5.74, 6) is -0.100. The van der Waals surface area contributed by atoms with Crippen LogP contribution in [0.25, 0.3) is 0 Å². The molecule has 104 valence electrons. The molecule has 1 aromatic rings. The van der Waals surface area contributed by atoms with Gasteiger partial charge in [-0.2, -0.15) is 0 Å². The van der Waals surface area contributed by atoms with Crippen LogP contribution in [0.1, 0.15) is 29.8 Å². The SMILES string of the molecule is CN(C)CCCNC(=O)c1ccc(NC2CC2)cn1. The number of anilines is 1. The molecule has 19 heavy (non-hydrogen) atoms. The van der Waals surface area contributed by atoms with Crippen molar-refractivity contribution < 1.29 is 4.79 Å². The highest BCUT2D eigenvalue weighted by molar-refractivity contribution is 5.92. The Balaban J connectivity index is 1.75. The molecule has 5 heteroatoms. The topological polar surface area (TPSA) is 57.3 Å². The zero-order valence-electron chi connectivity index (χ0n) is 11.6. The largest absolute Gasteiger partial charge is 0.381 e. The molecular weight excluding hydrogens is 240 g/mol. The highest BCUT2D eigenvalue weighted by Gasteiger charge is 2.20. The van der Waals surface area contributed by atoms with Crippen LogP contribution in [-0.2, 0) is 0 Å². The molecule has 1 amide bonds. The molecule has 2 rings (SSSR count). The smallest absolute Gasteiger partial charge is 0.269 e. The Morgan fingerprint density at radius 1 is 1.42 bits per heavy atom. The number of rotatable bonds is 7. The summed E-state index contributed by atoms with van der Waals surface area (Å²) in [6.45, 7) is 1.65. The molecule has 5 nitrogen and oxygen atoms in total. The molecule has 0 bridgehead atoms. The summed E-state index contributed by atoms with van der Waals surface area (Å²) in [4.78, 5) is 18.1. The summed E-state index contributed by atoms with van der Waals surface area (Å²) in [6, 6.07) is 4.29. The third-order valence-corrected chi connectivity index (χ3v) is 3.01. The Kier molecular flexibility index (Phi) is 4.74. The average Bonchev–Trinajstić information content (AvgIpc) is 3.19. The van der Waals surface area contributed by atoms with E-state index in [-0.39, 0.29) is 5.91 Å². The number of carbonyl (C=O) groups is 1. The molecule has 0 spiro atoms. The molecule has 0 unspecified atom stereocenters. The molecule has 1 heterocycles. The van der Waals surface area contributed by atoms with Gasteiger partial charge in [0.05, 0.1) is 11.9 Å². The van der Waals surface area contributed by atoms with Gasteiger partial charge in [-0.1, -0.05) is 0 Å². The lowest BCUT2D eigenvalue weighted by molar-refractivity contribution is 0.0947. The van der Waals surface area contributed by atoms with E-state index in [1.54, 1.807) is 12.3 Å². The van der Waals surface area contributed by atoms with E-state index in [1.165, 1.54) is 12.8 Å². The van der Waals surface area contributed by atoms with E-state index in [4.69, 9.17) is 0 Å². The van der Waals surface area contributed by atoms with E-state index in [9.17, 15) is 4.79 Å². The van der Waals surface area contributed by atoms with Crippen LogP contribution in [-0.4, -0.2) is 49.0 Å². The van der Waals surface area contributed by atoms with Crippen LogP contribution in [0.3, 0.4) is 0 Å². The van der Waals surface area contributed by atoms with Crippen LogP contribution in [0.5, 0.6) is 0 Å². The Labute approximate surface area is 114 Å². The lowest BCUT2D eigenvalue weighted by atomic mass is 10.3. The molecule has 2 N–H and O–H groups in total. The fraction of sp³-hybridized carbons (Fsp3) is 0.571. The third-order valence-electron chi connectivity index (χ3n) is 3.01. The summed E-state index contributed by atoms with van der Waals surface area (Å²) >= 11 is 0. The standard InChI is InChI=1S/C14H22N4O/c1-18(2)9-3-8-15-14(19)13-7-6-12(10-16-13)17-11-4-5-11/h6-7,10-11,17H,3-5,8-9H2,1-2H3,(H,15,19). The third kappa shape index (κ3) is 4.87. The first-order chi connectivity index (χ1) is 9.15. The monoisotopic (exact) mass is 262 g/mol. The Hall–Kier alpha value is -1.62. The number of hydrogen-bond donors (Lipinski definition) is 2. The first-order valence-electron chi connectivity index (χ1n) is 6.80. The quantitative estimate of drug-likeness (QED) is 0.728. The first kappa shape index (κ1) is 13.8. The first-order valence-corrected chi connectivity index (χ1v) is 6.80. The van der Waals surface area contributed by atoms with Gasteiger partial charge in [0.1, 0.15) is 5.69 Å². The number of carbonyl (C=O) groups excluding carboxylic acids is 1. The van der Waals surface area contributed by atoms with Gasteiger partial charge >= 0.3 is 0 Å². The Morgan fingerprint density at radius 3 is 2.79 bits per heavy atom. The van der Waals surface area contributed by atoms with Crippen molar-refractivity contribution in [3.8, 4) is 0 Å². The van der Waals surface area contributed by atoms with E-state index in [2.05, 4.69) is 20.5 Å². The minimum Gasteiger partial charge on any atom is -0.381 e. The van der Waals surface area contributed by atoms with Crippen LogP contribution >= 0.6 is 0 Å². The zero-order chi connectivity index (χ0) is 13.7. The lowest BCUT2D eigenvalue weighted by Gasteiger charge is -2.10. The van der Waals surface area contributed by atoms with Gasteiger partial charge in [0, 0.05) is 12.6 Å². The summed E-state index contributed by atoms with van der Waals surface area (Å²) in [6.07, 6.45) is 5.13. The lowest BCUT2D eigenvalue weighted by Crippen LogP contribution is -2.27. The van der Waals surface area contributed by atoms with E-state index >= 15 is 0 Å². The molecule has 1 aromatic heterocycles. The van der Waals surface area contributed by atoms with Crippen molar-refractivity contribution >= 4 is 11.6 Å². The number of pyridine rings is 1. The summed E-state index contributed by atoms with van der Waals surface area (Å²) in [5.41, 5.74) is 1.47. The maximum atomic E-state index is 11.8. The van der Waals surface area contributed by atoms with Crippen molar-refractivity contribution in [2.45, 2.75) is 25.3 Å². The molecule has 0 aliphatic heterocycles. The maximum Gasteiger partial charge on any atom is 0.269 e. The number of nitrogens with one attached hydrogen (secondary N) is 2. The van der Waals surface area contributed by atoms with E-state index in [1.807, 2.05) is 20.2 Å². The number of nitrogens with zero attached hydrogens (tertiary/aromatic N) is 2. The van der Waals surface area contributed by atoms with Gasteiger partial charge < -0.3 is 15.5 Å². The van der Waals surface area contributed by atoms with E-state index in [0.717, 1.165) is 18.7 Å². The summed E-state index contributed by atoms with van der Waals surface area (Å²) in [7, 11) is 4.05. The average molecular weight is 262 g/mol. The fourth-order valence-corrected chi connectivity index (χ4v) is 1.76. The van der Waals surface area contributed by atoms with Crippen molar-refractivity contribution in [1.29, 1.82) is 0 Å². The van der Waals surface area contributed by atoms with Crippen LogP contribution in [0.2, 0.25) is 0 Å². The Bertz CT molecular complexity index is 412. The highest BCUT2D eigenvalue weighted by atomic mass is 16.1. The van der Waals surface area contributed by atoms with Crippen LogP contribution < -0.4 is 10.6 Å². The van der Waals surface area contributed by atoms with Crippen LogP contribution in [0.15, 0.2) is 18.3 Å². The van der Waals surface area contributed by atoms with Crippen molar-refractivity contribution in [2.24, 2.45) is 0 Å². The number of amides is 1. The predicted molar refractivity (Wildman–Crippen MR) is 76.4 cm³/mol. The second-order valence-corrected chi connectivity index (χ2v) is 5.26. The molecule has 0 atom stereocenters. The van der Waals surface area contributed by atoms with Gasteiger partial charge in [-0.25, -0.2) is 4.98 Å². The zero-order valence-corrected chi connectivity index (χ0v) is 11.6. The predicted octanol–water partition coefficient (Wildman–Crippen LogP) is 1.34. The molecule has 1 aliphatic carbocycles. The minimum absolute atomic E-state index is 0.100. The van der Waals surface area contributed by atoms with Gasteiger partial charge in [0.25, 0.3) is 5.91 Å². The molecular formula is C14H22N4O. The van der Waals surface area contributed by atoms with Gasteiger partial charge in [-0.05, 0) is 52.0 Å². The molecule has 0 saturated heterocycles. The van der Waals surface area contributed by atoms with Crippen molar-refractivity contribution in [2.75, 3.05) is 32.5 Å². The second-order valence-electron chi connectivity index (χ2n) is 5.26.